The fourth-order valence-corrected chi connectivity index (χ4v) is 4.41. The Kier molecular flexibility index (Phi) is 4.20. The van der Waals surface area contributed by atoms with Gasteiger partial charge in [-0.25, -0.2) is 0 Å². The summed E-state index contributed by atoms with van der Waals surface area (Å²) < 4.78 is 0. The molecule has 1 aliphatic carbocycles. The average Bonchev–Trinajstić information content (AvgIpc) is 2.97. The first-order valence-corrected chi connectivity index (χ1v) is 8.46. The van der Waals surface area contributed by atoms with Crippen molar-refractivity contribution in [2.24, 2.45) is 11.3 Å². The van der Waals surface area contributed by atoms with Crippen LogP contribution in [0.2, 0.25) is 0 Å². The standard InChI is InChI=1S/C21H27N2/c1-6-21(4)12-11-15(14(2)3)19(20(21)22-5)17-13-23-18-10-8-7-9-16(17)18/h6-10,13,15,19-20,23H,1-2,11-12H2,3-5H3/q-1. The van der Waals surface area contributed by atoms with E-state index < -0.39 is 0 Å². The van der Waals surface area contributed by atoms with E-state index in [1.165, 1.54) is 22.0 Å². The number of H-pyrrole nitrogens is 1. The van der Waals surface area contributed by atoms with Gasteiger partial charge in [0.1, 0.15) is 0 Å². The third-order valence-corrected chi connectivity index (χ3v) is 5.80. The minimum Gasteiger partial charge on any atom is -0.661 e. The molecule has 0 aliphatic heterocycles. The number of para-hydroxylation sites is 1. The van der Waals surface area contributed by atoms with E-state index in [1.54, 1.807) is 0 Å². The second kappa shape index (κ2) is 6.01. The van der Waals surface area contributed by atoms with Gasteiger partial charge in [-0.2, -0.15) is 7.05 Å². The van der Waals surface area contributed by atoms with Crippen LogP contribution in [-0.4, -0.2) is 18.1 Å². The highest BCUT2D eigenvalue weighted by Gasteiger charge is 2.41. The molecule has 2 heteroatoms. The van der Waals surface area contributed by atoms with Crippen LogP contribution in [0, 0.1) is 11.3 Å². The zero-order valence-electron chi connectivity index (χ0n) is 14.5. The van der Waals surface area contributed by atoms with Crippen molar-refractivity contribution in [2.45, 2.75) is 38.6 Å². The highest BCUT2D eigenvalue weighted by atomic mass is 14.9. The number of likely N-dealkylation sites (N-methyl/N-ethyl adjacent to an activating group) is 1. The van der Waals surface area contributed by atoms with Gasteiger partial charge in [0.05, 0.1) is 0 Å². The van der Waals surface area contributed by atoms with Gasteiger partial charge in [0.25, 0.3) is 0 Å². The lowest BCUT2D eigenvalue weighted by Gasteiger charge is -2.55. The van der Waals surface area contributed by atoms with Crippen molar-refractivity contribution in [2.75, 3.05) is 7.05 Å². The van der Waals surface area contributed by atoms with Gasteiger partial charge in [-0.05, 0) is 48.6 Å². The van der Waals surface area contributed by atoms with Gasteiger partial charge in [0.2, 0.25) is 0 Å². The molecule has 0 saturated heterocycles. The molecule has 1 aliphatic rings. The van der Waals surface area contributed by atoms with Crippen molar-refractivity contribution >= 4 is 10.9 Å². The second-order valence-corrected chi connectivity index (χ2v) is 7.22. The van der Waals surface area contributed by atoms with Crippen LogP contribution >= 0.6 is 0 Å². The summed E-state index contributed by atoms with van der Waals surface area (Å²) in [7, 11) is 1.95. The monoisotopic (exact) mass is 307 g/mol. The number of hydrogen-bond donors (Lipinski definition) is 1. The van der Waals surface area contributed by atoms with Crippen LogP contribution in [0.4, 0.5) is 0 Å². The molecule has 1 aromatic carbocycles. The minimum atomic E-state index is 0.0454. The molecule has 1 heterocycles. The van der Waals surface area contributed by atoms with Crippen LogP contribution < -0.4 is 0 Å². The summed E-state index contributed by atoms with van der Waals surface area (Å²) in [5.41, 5.74) is 3.88. The zero-order valence-corrected chi connectivity index (χ0v) is 14.5. The topological polar surface area (TPSA) is 29.9 Å². The van der Waals surface area contributed by atoms with Crippen LogP contribution in [0.15, 0.2) is 55.3 Å². The molecular formula is C21H27N2-. The predicted molar refractivity (Wildman–Crippen MR) is 100.0 cm³/mol. The van der Waals surface area contributed by atoms with E-state index in [2.05, 4.69) is 68.5 Å². The van der Waals surface area contributed by atoms with Gasteiger partial charge in [-0.3, -0.25) is 0 Å². The fourth-order valence-electron chi connectivity index (χ4n) is 4.41. The Balaban J connectivity index is 2.16. The lowest BCUT2D eigenvalue weighted by atomic mass is 9.59. The maximum absolute atomic E-state index is 4.82. The molecule has 1 N–H and O–H groups in total. The number of allylic oxidation sites excluding steroid dienone is 1. The van der Waals surface area contributed by atoms with E-state index in [4.69, 9.17) is 5.32 Å². The Hall–Kier alpha value is -1.80. The lowest BCUT2D eigenvalue weighted by molar-refractivity contribution is 0.191. The molecule has 23 heavy (non-hydrogen) atoms. The van der Waals surface area contributed by atoms with Crippen molar-refractivity contribution in [1.82, 2.24) is 4.98 Å². The lowest BCUT2D eigenvalue weighted by Crippen LogP contribution is -2.43. The third kappa shape index (κ3) is 2.55. The SMILES string of the molecule is C=CC1(C)CCC(C(=C)C)C(c2c[nH]c3ccccc23)C1[N-]C. The molecule has 0 bridgehead atoms. The van der Waals surface area contributed by atoms with Crippen molar-refractivity contribution in [1.29, 1.82) is 0 Å². The van der Waals surface area contributed by atoms with Crippen molar-refractivity contribution in [3.8, 4) is 0 Å². The van der Waals surface area contributed by atoms with E-state index in [0.29, 0.717) is 11.8 Å². The van der Waals surface area contributed by atoms with E-state index in [-0.39, 0.29) is 11.5 Å². The molecular weight excluding hydrogens is 280 g/mol. The molecule has 1 saturated carbocycles. The largest absolute Gasteiger partial charge is 0.661 e. The summed E-state index contributed by atoms with van der Waals surface area (Å²) in [6, 6.07) is 8.78. The highest BCUT2D eigenvalue weighted by Crippen LogP contribution is 2.53. The zero-order chi connectivity index (χ0) is 16.6. The molecule has 0 radical (unpaired) electrons. The Morgan fingerprint density at radius 1 is 1.39 bits per heavy atom. The summed E-state index contributed by atoms with van der Waals surface area (Å²) in [6.45, 7) is 12.9. The van der Waals surface area contributed by atoms with Crippen LogP contribution in [0.5, 0.6) is 0 Å². The maximum Gasteiger partial charge on any atom is 0.0456 e. The van der Waals surface area contributed by atoms with Gasteiger partial charge >= 0.3 is 0 Å². The van der Waals surface area contributed by atoms with Crippen LogP contribution in [0.1, 0.15) is 38.2 Å². The third-order valence-electron chi connectivity index (χ3n) is 5.80. The Labute approximate surface area is 139 Å². The molecule has 4 atom stereocenters. The molecule has 1 aromatic heterocycles. The van der Waals surface area contributed by atoms with Gasteiger partial charge in [0, 0.05) is 17.1 Å². The number of rotatable bonds is 4. The van der Waals surface area contributed by atoms with Crippen molar-refractivity contribution < 1.29 is 0 Å². The summed E-state index contributed by atoms with van der Waals surface area (Å²) in [4.78, 5) is 3.44. The molecule has 2 nitrogen and oxygen atoms in total. The molecule has 2 aromatic rings. The van der Waals surface area contributed by atoms with Crippen LogP contribution in [0.25, 0.3) is 16.2 Å². The molecule has 0 spiro atoms. The Morgan fingerprint density at radius 3 is 2.78 bits per heavy atom. The summed E-state index contributed by atoms with van der Waals surface area (Å²) in [5.74, 6) is 0.821. The van der Waals surface area contributed by atoms with Crippen LogP contribution in [0.3, 0.4) is 0 Å². The van der Waals surface area contributed by atoms with Gasteiger partial charge in [-0.15, -0.1) is 12.6 Å². The average molecular weight is 307 g/mol. The fraction of sp³-hybridized carbons (Fsp3) is 0.429. The van der Waals surface area contributed by atoms with Gasteiger partial charge in [-0.1, -0.05) is 43.4 Å². The predicted octanol–water partition coefficient (Wildman–Crippen LogP) is 5.80. The first-order chi connectivity index (χ1) is 11.0. The van der Waals surface area contributed by atoms with E-state index in [1.807, 2.05) is 7.05 Å². The number of nitrogens with one attached hydrogen (secondary N) is 1. The number of fused-ring (bicyclic) bond motifs is 1. The molecule has 122 valence electrons. The maximum atomic E-state index is 4.82. The quantitative estimate of drug-likeness (QED) is 0.692. The van der Waals surface area contributed by atoms with Crippen LogP contribution in [-0.2, 0) is 0 Å². The molecule has 4 unspecified atom stereocenters. The van der Waals surface area contributed by atoms with Crippen molar-refractivity contribution in [3.63, 3.8) is 0 Å². The van der Waals surface area contributed by atoms with E-state index in [0.717, 1.165) is 12.8 Å². The van der Waals surface area contributed by atoms with Gasteiger partial charge in [0.15, 0.2) is 0 Å². The number of aromatic amines is 1. The number of benzene rings is 1. The summed E-state index contributed by atoms with van der Waals surface area (Å²) >= 11 is 0. The highest BCUT2D eigenvalue weighted by molar-refractivity contribution is 5.84. The number of hydrogen-bond acceptors (Lipinski definition) is 0. The number of nitrogens with zero attached hydrogens (tertiary/aromatic N) is 1. The smallest absolute Gasteiger partial charge is 0.0456 e. The van der Waals surface area contributed by atoms with Crippen molar-refractivity contribution in [3.05, 3.63) is 66.1 Å². The first kappa shape index (κ1) is 16.1. The molecule has 0 amide bonds. The Bertz CT molecular complexity index is 726. The minimum absolute atomic E-state index is 0.0454. The van der Waals surface area contributed by atoms with Gasteiger partial charge < -0.3 is 10.3 Å². The normalized spacial score (nSPS) is 31.2. The number of aromatic nitrogens is 1. The second-order valence-electron chi connectivity index (χ2n) is 7.22. The summed E-state index contributed by atoms with van der Waals surface area (Å²) in [6.07, 6.45) is 6.56. The molecule has 3 rings (SSSR count). The van der Waals surface area contributed by atoms with E-state index in [9.17, 15) is 0 Å². The first-order valence-electron chi connectivity index (χ1n) is 8.46. The summed E-state index contributed by atoms with van der Waals surface area (Å²) in [5, 5.41) is 6.13. The molecule has 1 fully saturated rings. The van der Waals surface area contributed by atoms with E-state index >= 15 is 0 Å². The Morgan fingerprint density at radius 2 is 2.13 bits per heavy atom.